The van der Waals surface area contributed by atoms with Crippen LogP contribution in [0.3, 0.4) is 0 Å². The molecule has 6 heteroatoms. The molecule has 0 amide bonds. The van der Waals surface area contributed by atoms with E-state index in [0.29, 0.717) is 24.0 Å². The molecule has 0 aliphatic carbocycles. The van der Waals surface area contributed by atoms with E-state index in [0.717, 1.165) is 0 Å². The molecular weight excluding hydrogens is 228 g/mol. The number of rotatable bonds is 5. The largest absolute Gasteiger partial charge is 0.491 e. The smallest absolute Gasteiger partial charge is 0.296 e. The topological polar surface area (TPSA) is 81.4 Å². The number of ether oxygens (including phenoxy) is 1. The Morgan fingerprint density at radius 2 is 2.00 bits per heavy atom. The summed E-state index contributed by atoms with van der Waals surface area (Å²) in [6.07, 6.45) is 0. The second-order valence-corrected chi connectivity index (χ2v) is 5.14. The minimum absolute atomic E-state index is 0.352. The van der Waals surface area contributed by atoms with Gasteiger partial charge in [-0.15, -0.1) is 0 Å². The first-order valence-electron chi connectivity index (χ1n) is 4.91. The van der Waals surface area contributed by atoms with Gasteiger partial charge in [-0.2, -0.15) is 8.42 Å². The zero-order valence-corrected chi connectivity index (χ0v) is 10.1. The fourth-order valence-corrected chi connectivity index (χ4v) is 1.56. The van der Waals surface area contributed by atoms with Crippen LogP contribution in [0.5, 0.6) is 5.75 Å². The highest BCUT2D eigenvalue weighted by atomic mass is 32.2. The Labute approximate surface area is 95.8 Å². The van der Waals surface area contributed by atoms with E-state index < -0.39 is 10.2 Å². The van der Waals surface area contributed by atoms with Gasteiger partial charge in [-0.25, -0.2) is 5.14 Å². The number of para-hydroxylation sites is 2. The average molecular weight is 244 g/mol. The molecule has 0 aliphatic heterocycles. The molecule has 0 fully saturated rings. The second-order valence-electron chi connectivity index (χ2n) is 3.85. The Balaban J connectivity index is 2.83. The molecule has 0 saturated heterocycles. The molecule has 3 N–H and O–H groups in total. The predicted octanol–water partition coefficient (Wildman–Crippen LogP) is 1.34. The van der Waals surface area contributed by atoms with E-state index >= 15 is 0 Å². The molecule has 5 nitrogen and oxygen atoms in total. The van der Waals surface area contributed by atoms with E-state index in [1.165, 1.54) is 0 Å². The third-order valence-electron chi connectivity index (χ3n) is 1.71. The number of anilines is 1. The fourth-order valence-electron chi connectivity index (χ4n) is 1.09. The lowest BCUT2D eigenvalue weighted by Crippen LogP contribution is -2.22. The maximum Gasteiger partial charge on any atom is 0.296 e. The van der Waals surface area contributed by atoms with E-state index in [1.807, 2.05) is 13.8 Å². The van der Waals surface area contributed by atoms with Crippen molar-refractivity contribution in [3.63, 3.8) is 0 Å². The Morgan fingerprint density at radius 3 is 2.56 bits per heavy atom. The molecule has 0 radical (unpaired) electrons. The van der Waals surface area contributed by atoms with Crippen molar-refractivity contribution < 1.29 is 13.2 Å². The van der Waals surface area contributed by atoms with E-state index in [-0.39, 0.29) is 0 Å². The van der Waals surface area contributed by atoms with Gasteiger partial charge in [0.25, 0.3) is 10.2 Å². The van der Waals surface area contributed by atoms with Gasteiger partial charge in [-0.3, -0.25) is 4.72 Å². The third kappa shape index (κ3) is 4.50. The van der Waals surface area contributed by atoms with E-state index in [4.69, 9.17) is 9.88 Å². The fraction of sp³-hybridized carbons (Fsp3) is 0.400. The minimum atomic E-state index is -3.77. The van der Waals surface area contributed by atoms with Crippen LogP contribution in [-0.2, 0) is 10.2 Å². The van der Waals surface area contributed by atoms with Crippen molar-refractivity contribution >= 4 is 15.9 Å². The van der Waals surface area contributed by atoms with Crippen LogP contribution in [0.25, 0.3) is 0 Å². The summed E-state index contributed by atoms with van der Waals surface area (Å²) in [5.74, 6) is 0.841. The van der Waals surface area contributed by atoms with Crippen LogP contribution in [0.4, 0.5) is 5.69 Å². The van der Waals surface area contributed by atoms with Crippen molar-refractivity contribution in [3.8, 4) is 5.75 Å². The number of nitrogens with two attached hydrogens (primary N) is 1. The lowest BCUT2D eigenvalue weighted by atomic mass is 10.2. The summed E-state index contributed by atoms with van der Waals surface area (Å²) in [4.78, 5) is 0. The molecule has 0 atom stereocenters. The maximum absolute atomic E-state index is 10.9. The summed E-state index contributed by atoms with van der Waals surface area (Å²) in [5.41, 5.74) is 0.352. The van der Waals surface area contributed by atoms with Gasteiger partial charge in [0.2, 0.25) is 0 Å². The highest BCUT2D eigenvalue weighted by molar-refractivity contribution is 7.90. The van der Waals surface area contributed by atoms with Crippen LogP contribution in [0.15, 0.2) is 24.3 Å². The van der Waals surface area contributed by atoms with Gasteiger partial charge in [0.1, 0.15) is 5.75 Å². The molecule has 1 rings (SSSR count). The minimum Gasteiger partial charge on any atom is -0.491 e. The second kappa shape index (κ2) is 5.18. The highest BCUT2D eigenvalue weighted by Gasteiger charge is 2.08. The van der Waals surface area contributed by atoms with Crippen molar-refractivity contribution in [2.75, 3.05) is 11.3 Å². The molecule has 0 aromatic heterocycles. The molecule has 0 heterocycles. The summed E-state index contributed by atoms with van der Waals surface area (Å²) >= 11 is 0. The Hall–Kier alpha value is -1.27. The van der Waals surface area contributed by atoms with Gasteiger partial charge in [-0.05, 0) is 18.1 Å². The summed E-state index contributed by atoms with van der Waals surface area (Å²) in [6.45, 7) is 4.54. The van der Waals surface area contributed by atoms with Crippen molar-refractivity contribution in [3.05, 3.63) is 24.3 Å². The van der Waals surface area contributed by atoms with E-state index in [1.54, 1.807) is 24.3 Å². The van der Waals surface area contributed by atoms with Crippen molar-refractivity contribution in [1.82, 2.24) is 0 Å². The molecule has 1 aromatic carbocycles. The first-order chi connectivity index (χ1) is 7.38. The van der Waals surface area contributed by atoms with Gasteiger partial charge in [0.15, 0.2) is 0 Å². The number of benzene rings is 1. The van der Waals surface area contributed by atoms with Gasteiger partial charge >= 0.3 is 0 Å². The normalized spacial score (nSPS) is 11.5. The van der Waals surface area contributed by atoms with Crippen LogP contribution in [0.2, 0.25) is 0 Å². The maximum atomic E-state index is 10.9. The molecule has 1 aromatic rings. The van der Waals surface area contributed by atoms with Crippen LogP contribution in [0, 0.1) is 5.92 Å². The molecule has 0 unspecified atom stereocenters. The number of hydrogen-bond acceptors (Lipinski definition) is 3. The summed E-state index contributed by atoms with van der Waals surface area (Å²) in [6, 6.07) is 6.76. The summed E-state index contributed by atoms with van der Waals surface area (Å²) < 4.78 is 29.5. The van der Waals surface area contributed by atoms with Crippen molar-refractivity contribution in [2.24, 2.45) is 11.1 Å². The standard InChI is InChI=1S/C10H16N2O3S/c1-8(2)7-15-10-6-4-3-5-9(10)12-16(11,13)14/h3-6,8,12H,7H2,1-2H3,(H2,11,13,14). The van der Waals surface area contributed by atoms with Crippen LogP contribution >= 0.6 is 0 Å². The SMILES string of the molecule is CC(C)COc1ccccc1NS(N)(=O)=O. The summed E-state index contributed by atoms with van der Waals surface area (Å²) in [7, 11) is -3.77. The molecule has 16 heavy (non-hydrogen) atoms. The van der Waals surface area contributed by atoms with Gasteiger partial charge in [0.05, 0.1) is 12.3 Å². The molecule has 0 saturated carbocycles. The van der Waals surface area contributed by atoms with Crippen LogP contribution in [0.1, 0.15) is 13.8 Å². The molecule has 90 valence electrons. The molecule has 0 spiro atoms. The zero-order valence-electron chi connectivity index (χ0n) is 9.30. The van der Waals surface area contributed by atoms with Crippen LogP contribution in [-0.4, -0.2) is 15.0 Å². The van der Waals surface area contributed by atoms with E-state index in [9.17, 15) is 8.42 Å². The monoisotopic (exact) mass is 244 g/mol. The third-order valence-corrected chi connectivity index (χ3v) is 2.22. The first-order valence-corrected chi connectivity index (χ1v) is 6.45. The quantitative estimate of drug-likeness (QED) is 0.820. The average Bonchev–Trinajstić information content (AvgIpc) is 2.14. The molecule has 0 bridgehead atoms. The van der Waals surface area contributed by atoms with Gasteiger partial charge in [-0.1, -0.05) is 26.0 Å². The van der Waals surface area contributed by atoms with Crippen molar-refractivity contribution in [1.29, 1.82) is 0 Å². The summed E-state index contributed by atoms with van der Waals surface area (Å²) in [5, 5.41) is 4.90. The Morgan fingerprint density at radius 1 is 1.38 bits per heavy atom. The highest BCUT2D eigenvalue weighted by Crippen LogP contribution is 2.24. The number of hydrogen-bond donors (Lipinski definition) is 2. The first kappa shape index (κ1) is 12.8. The zero-order chi connectivity index (χ0) is 12.2. The van der Waals surface area contributed by atoms with E-state index in [2.05, 4.69) is 4.72 Å². The Bertz CT molecular complexity index is 443. The van der Waals surface area contributed by atoms with Gasteiger partial charge < -0.3 is 4.74 Å². The lowest BCUT2D eigenvalue weighted by molar-refractivity contribution is 0.272. The van der Waals surface area contributed by atoms with Crippen molar-refractivity contribution in [2.45, 2.75) is 13.8 Å². The van der Waals surface area contributed by atoms with Crippen LogP contribution < -0.4 is 14.6 Å². The Kier molecular flexibility index (Phi) is 4.14. The lowest BCUT2D eigenvalue weighted by Gasteiger charge is -2.13. The molecular formula is C10H16N2O3S. The molecule has 0 aliphatic rings. The predicted molar refractivity (Wildman–Crippen MR) is 63.5 cm³/mol. The number of nitrogens with one attached hydrogen (secondary N) is 1. The van der Waals surface area contributed by atoms with Gasteiger partial charge in [0, 0.05) is 0 Å².